The van der Waals surface area contributed by atoms with Crippen molar-refractivity contribution in [2.24, 2.45) is 5.92 Å². The third-order valence-electron chi connectivity index (χ3n) is 5.85. The monoisotopic (exact) mass is 361 g/mol. The van der Waals surface area contributed by atoms with Crippen molar-refractivity contribution in [2.45, 2.75) is 38.3 Å². The van der Waals surface area contributed by atoms with Crippen molar-refractivity contribution in [3.05, 3.63) is 77.8 Å². The maximum Gasteiger partial charge on any atom is 0.120 e. The second-order valence-corrected chi connectivity index (χ2v) is 7.37. The number of benzene rings is 2. The van der Waals surface area contributed by atoms with E-state index in [-0.39, 0.29) is 0 Å². The van der Waals surface area contributed by atoms with E-state index < -0.39 is 5.60 Å². The van der Waals surface area contributed by atoms with Gasteiger partial charge in [-0.05, 0) is 48.6 Å². The molecule has 2 N–H and O–H groups in total. The number of aromatic amines is 1. The zero-order chi connectivity index (χ0) is 18.7. The smallest absolute Gasteiger partial charge is 0.120 e. The largest absolute Gasteiger partial charge is 0.387 e. The van der Waals surface area contributed by atoms with Crippen molar-refractivity contribution >= 4 is 11.0 Å². The summed E-state index contributed by atoms with van der Waals surface area (Å²) in [4.78, 5) is 7.83. The first-order chi connectivity index (χ1) is 13.3. The van der Waals surface area contributed by atoms with Gasteiger partial charge in [0.1, 0.15) is 5.60 Å². The molecule has 1 aliphatic carbocycles. The Labute approximate surface area is 160 Å². The van der Waals surface area contributed by atoms with Crippen LogP contribution in [0.4, 0.5) is 0 Å². The van der Waals surface area contributed by atoms with Crippen molar-refractivity contribution < 1.29 is 4.74 Å². The molecule has 1 aliphatic rings. The number of hydrogen-bond acceptors (Lipinski definition) is 3. The summed E-state index contributed by atoms with van der Waals surface area (Å²) >= 11 is 0. The normalized spacial score (nSPS) is 24.4. The molecule has 0 bridgehead atoms. The molecule has 1 aromatic heterocycles. The molecule has 2 atom stereocenters. The molecule has 4 rings (SSSR count). The zero-order valence-electron chi connectivity index (χ0n) is 16.0. The minimum absolute atomic E-state index is 0.378. The molecule has 0 spiro atoms. The predicted molar refractivity (Wildman–Crippen MR) is 109 cm³/mol. The fourth-order valence-corrected chi connectivity index (χ4v) is 4.52. The van der Waals surface area contributed by atoms with Gasteiger partial charge in [0.05, 0.1) is 17.4 Å². The van der Waals surface area contributed by atoms with Gasteiger partial charge in [0.25, 0.3) is 0 Å². The molecule has 1 heterocycles. The molecule has 27 heavy (non-hydrogen) atoms. The van der Waals surface area contributed by atoms with Gasteiger partial charge in [0.15, 0.2) is 0 Å². The maximum atomic E-state index is 6.31. The summed E-state index contributed by atoms with van der Waals surface area (Å²) in [7, 11) is 1.83. The molecule has 2 unspecified atom stereocenters. The van der Waals surface area contributed by atoms with Gasteiger partial charge in [-0.25, -0.2) is 4.98 Å². The van der Waals surface area contributed by atoms with Crippen LogP contribution in [0.15, 0.2) is 66.6 Å². The van der Waals surface area contributed by atoms with Crippen LogP contribution in [0.5, 0.6) is 0 Å². The van der Waals surface area contributed by atoms with Crippen molar-refractivity contribution in [1.82, 2.24) is 15.3 Å². The third-order valence-corrected chi connectivity index (χ3v) is 5.85. The Kier molecular flexibility index (Phi) is 4.99. The summed E-state index contributed by atoms with van der Waals surface area (Å²) in [6, 6.07) is 16.8. The molecule has 3 aromatic rings. The summed E-state index contributed by atoms with van der Waals surface area (Å²) in [6.07, 6.45) is 7.30. The lowest BCUT2D eigenvalue weighted by Crippen LogP contribution is -2.41. The van der Waals surface area contributed by atoms with Crippen molar-refractivity contribution in [3.8, 4) is 0 Å². The summed E-state index contributed by atoms with van der Waals surface area (Å²) in [6.45, 7) is 3.10. The number of imidazole rings is 1. The molecule has 4 heteroatoms. The van der Waals surface area contributed by atoms with E-state index in [1.54, 1.807) is 6.33 Å². The number of fused-ring (bicyclic) bond motifs is 1. The topological polar surface area (TPSA) is 49.9 Å². The number of aromatic nitrogens is 2. The van der Waals surface area contributed by atoms with E-state index in [9.17, 15) is 0 Å². The molecule has 4 nitrogen and oxygen atoms in total. The number of hydrogen-bond donors (Lipinski definition) is 2. The molecule has 1 saturated carbocycles. The van der Waals surface area contributed by atoms with Gasteiger partial charge in [0.2, 0.25) is 0 Å². The number of para-hydroxylation sites is 1. The second kappa shape index (κ2) is 7.57. The van der Waals surface area contributed by atoms with E-state index in [4.69, 9.17) is 4.74 Å². The summed E-state index contributed by atoms with van der Waals surface area (Å²) < 4.78 is 6.31. The maximum absolute atomic E-state index is 6.31. The number of rotatable bonds is 5. The van der Waals surface area contributed by atoms with Crippen LogP contribution in [0.3, 0.4) is 0 Å². The lowest BCUT2D eigenvalue weighted by atomic mass is 9.69. The lowest BCUT2D eigenvalue weighted by Gasteiger charge is -2.44. The number of H-pyrrole nitrogens is 1. The average molecular weight is 361 g/mol. The molecule has 0 aliphatic heterocycles. The fraction of sp³-hybridized carbons (Fsp3) is 0.348. The van der Waals surface area contributed by atoms with Crippen molar-refractivity contribution in [3.63, 3.8) is 0 Å². The van der Waals surface area contributed by atoms with Gasteiger partial charge < -0.3 is 15.0 Å². The van der Waals surface area contributed by atoms with Crippen molar-refractivity contribution in [2.75, 3.05) is 7.11 Å². The van der Waals surface area contributed by atoms with E-state index in [0.29, 0.717) is 5.92 Å². The highest BCUT2D eigenvalue weighted by molar-refractivity contribution is 5.80. The SMILES string of the molecule is COC1(c2cccc3[nH]cnc23)/C(=C/NCc2ccccc2)CCCC1C. The minimum atomic E-state index is -0.448. The van der Waals surface area contributed by atoms with Crippen LogP contribution in [0.1, 0.15) is 37.3 Å². The van der Waals surface area contributed by atoms with Gasteiger partial charge in [-0.3, -0.25) is 0 Å². The van der Waals surface area contributed by atoms with Crippen LogP contribution in [0, 0.1) is 5.92 Å². The van der Waals surface area contributed by atoms with E-state index >= 15 is 0 Å². The third kappa shape index (κ3) is 3.15. The highest BCUT2D eigenvalue weighted by atomic mass is 16.5. The highest BCUT2D eigenvalue weighted by Crippen LogP contribution is 2.49. The first-order valence-corrected chi connectivity index (χ1v) is 9.70. The van der Waals surface area contributed by atoms with Gasteiger partial charge >= 0.3 is 0 Å². The van der Waals surface area contributed by atoms with Crippen LogP contribution in [0.2, 0.25) is 0 Å². The van der Waals surface area contributed by atoms with Gasteiger partial charge in [-0.1, -0.05) is 49.4 Å². The van der Waals surface area contributed by atoms with Gasteiger partial charge in [-0.2, -0.15) is 0 Å². The second-order valence-electron chi connectivity index (χ2n) is 7.37. The Balaban J connectivity index is 1.72. The molecule has 2 aromatic carbocycles. The Hall–Kier alpha value is -2.59. The van der Waals surface area contributed by atoms with Crippen LogP contribution in [-0.2, 0) is 16.9 Å². The molecular weight excluding hydrogens is 334 g/mol. The highest BCUT2D eigenvalue weighted by Gasteiger charge is 2.45. The van der Waals surface area contributed by atoms with Crippen LogP contribution < -0.4 is 5.32 Å². The Morgan fingerprint density at radius 2 is 2.07 bits per heavy atom. The molecule has 0 saturated heterocycles. The van der Waals surface area contributed by atoms with E-state index in [2.05, 4.69) is 70.9 Å². The summed E-state index contributed by atoms with van der Waals surface area (Å²) in [5, 5.41) is 3.52. The Morgan fingerprint density at radius 3 is 2.89 bits per heavy atom. The molecule has 0 amide bonds. The summed E-state index contributed by atoms with van der Waals surface area (Å²) in [5.74, 6) is 0.378. The number of ether oxygens (including phenoxy) is 1. The lowest BCUT2D eigenvalue weighted by molar-refractivity contribution is -0.0423. The van der Waals surface area contributed by atoms with Crippen molar-refractivity contribution in [1.29, 1.82) is 0 Å². The quantitative estimate of drug-likeness (QED) is 0.680. The minimum Gasteiger partial charge on any atom is -0.387 e. The van der Waals surface area contributed by atoms with E-state index in [1.165, 1.54) is 17.6 Å². The van der Waals surface area contributed by atoms with E-state index in [0.717, 1.165) is 36.0 Å². The number of nitrogens with one attached hydrogen (secondary N) is 2. The molecular formula is C23H27N3O. The molecule has 140 valence electrons. The standard InChI is InChI=1S/C23H27N3O/c1-17-8-6-11-19(15-24-14-18-9-4-3-5-10-18)23(17,27-2)20-12-7-13-21-22(20)26-16-25-21/h3-5,7,9-10,12-13,15-17,24H,6,8,11,14H2,1-2H3,(H,25,26)/b19-15+. The van der Waals surface area contributed by atoms with Gasteiger partial charge in [0, 0.05) is 19.2 Å². The summed E-state index contributed by atoms with van der Waals surface area (Å²) in [5.41, 5.74) is 5.34. The Morgan fingerprint density at radius 1 is 1.22 bits per heavy atom. The number of methoxy groups -OCH3 is 1. The Bertz CT molecular complexity index is 931. The first-order valence-electron chi connectivity index (χ1n) is 9.70. The number of nitrogens with zero attached hydrogens (tertiary/aromatic N) is 1. The van der Waals surface area contributed by atoms with Gasteiger partial charge in [-0.15, -0.1) is 0 Å². The van der Waals surface area contributed by atoms with Crippen LogP contribution >= 0.6 is 0 Å². The van der Waals surface area contributed by atoms with Crippen LogP contribution in [-0.4, -0.2) is 17.1 Å². The molecule has 0 radical (unpaired) electrons. The fourth-order valence-electron chi connectivity index (χ4n) is 4.52. The predicted octanol–water partition coefficient (Wildman–Crippen LogP) is 4.90. The zero-order valence-corrected chi connectivity index (χ0v) is 16.0. The first kappa shape index (κ1) is 17.8. The van der Waals surface area contributed by atoms with Crippen LogP contribution in [0.25, 0.3) is 11.0 Å². The molecule has 1 fully saturated rings. The average Bonchev–Trinajstić information content (AvgIpc) is 3.18. The van der Waals surface area contributed by atoms with E-state index in [1.807, 2.05) is 13.2 Å².